The van der Waals surface area contributed by atoms with Gasteiger partial charge in [0.15, 0.2) is 5.96 Å². The van der Waals surface area contributed by atoms with Crippen LogP contribution in [0.2, 0.25) is 5.02 Å². The molecule has 0 fully saturated rings. The molecule has 0 amide bonds. The Balaban J connectivity index is 0.00000576. The molecule has 1 aromatic rings. The van der Waals surface area contributed by atoms with Crippen LogP contribution in [-0.4, -0.2) is 54.4 Å². The molecule has 0 unspecified atom stereocenters. The molecule has 10 heteroatoms. The lowest BCUT2D eigenvalue weighted by Gasteiger charge is -2.12. The van der Waals surface area contributed by atoms with Crippen molar-refractivity contribution in [2.45, 2.75) is 12.8 Å². The van der Waals surface area contributed by atoms with Gasteiger partial charge in [-0.25, -0.2) is 13.1 Å². The summed E-state index contributed by atoms with van der Waals surface area (Å²) in [6.45, 7) is 1.68. The van der Waals surface area contributed by atoms with Gasteiger partial charge in [0.2, 0.25) is 10.0 Å². The number of nitrogens with one attached hydrogen (secondary N) is 3. The molecular formula is C15H26ClIN4O3S. The van der Waals surface area contributed by atoms with Crippen LogP contribution in [0.15, 0.2) is 23.2 Å². The fourth-order valence-electron chi connectivity index (χ4n) is 1.95. The third-order valence-corrected chi connectivity index (χ3v) is 4.26. The van der Waals surface area contributed by atoms with Gasteiger partial charge in [-0.3, -0.25) is 4.99 Å². The highest BCUT2D eigenvalue weighted by molar-refractivity contribution is 14.0. The van der Waals surface area contributed by atoms with E-state index in [0.717, 1.165) is 24.0 Å². The van der Waals surface area contributed by atoms with Gasteiger partial charge in [0.05, 0.1) is 13.4 Å². The van der Waals surface area contributed by atoms with E-state index in [9.17, 15) is 8.42 Å². The molecule has 0 atom stereocenters. The number of rotatable bonds is 9. The van der Waals surface area contributed by atoms with Gasteiger partial charge >= 0.3 is 0 Å². The molecule has 1 rings (SSSR count). The van der Waals surface area contributed by atoms with Gasteiger partial charge in [-0.2, -0.15) is 0 Å². The average Bonchev–Trinajstić information content (AvgIpc) is 2.53. The zero-order chi connectivity index (χ0) is 18.0. The first-order valence-corrected chi connectivity index (χ1v) is 9.84. The van der Waals surface area contributed by atoms with Crippen LogP contribution in [0.25, 0.3) is 0 Å². The Morgan fingerprint density at radius 1 is 1.24 bits per heavy atom. The smallest absolute Gasteiger partial charge is 0.208 e. The van der Waals surface area contributed by atoms with E-state index in [2.05, 4.69) is 20.3 Å². The molecule has 0 heterocycles. The molecule has 0 aliphatic heterocycles. The number of benzene rings is 1. The zero-order valence-corrected chi connectivity index (χ0v) is 18.5. The van der Waals surface area contributed by atoms with E-state index in [1.165, 1.54) is 0 Å². The van der Waals surface area contributed by atoms with Crippen molar-refractivity contribution in [3.8, 4) is 5.75 Å². The molecule has 0 saturated heterocycles. The van der Waals surface area contributed by atoms with E-state index in [-0.39, 0.29) is 24.0 Å². The summed E-state index contributed by atoms with van der Waals surface area (Å²) in [6, 6.07) is 5.61. The molecule has 0 bridgehead atoms. The fraction of sp³-hybridized carbons (Fsp3) is 0.533. The highest BCUT2D eigenvalue weighted by Crippen LogP contribution is 2.22. The predicted octanol–water partition coefficient (Wildman–Crippen LogP) is 1.61. The first kappa shape index (κ1) is 24.2. The SMILES string of the molecule is CN=C(NCCCNS(C)(=O)=O)NCCc1ccc(OC)cc1Cl.I. The van der Waals surface area contributed by atoms with Gasteiger partial charge in [-0.1, -0.05) is 17.7 Å². The van der Waals surface area contributed by atoms with Crippen LogP contribution < -0.4 is 20.1 Å². The Hall–Kier alpha value is -0.780. The number of aliphatic imine (C=N–C) groups is 1. The number of hydrogen-bond donors (Lipinski definition) is 3. The molecule has 7 nitrogen and oxygen atoms in total. The van der Waals surface area contributed by atoms with Gasteiger partial charge in [0, 0.05) is 31.7 Å². The van der Waals surface area contributed by atoms with Crippen LogP contribution in [0.3, 0.4) is 0 Å². The molecule has 0 aliphatic carbocycles. The molecule has 0 spiro atoms. The molecule has 3 N–H and O–H groups in total. The van der Waals surface area contributed by atoms with Crippen molar-refractivity contribution in [1.29, 1.82) is 0 Å². The fourth-order valence-corrected chi connectivity index (χ4v) is 2.73. The summed E-state index contributed by atoms with van der Waals surface area (Å²) in [6.07, 6.45) is 2.56. The van der Waals surface area contributed by atoms with E-state index in [1.807, 2.05) is 12.1 Å². The first-order valence-electron chi connectivity index (χ1n) is 7.57. The summed E-state index contributed by atoms with van der Waals surface area (Å²) in [4.78, 5) is 4.12. The summed E-state index contributed by atoms with van der Waals surface area (Å²) in [5, 5.41) is 6.99. The first-order chi connectivity index (χ1) is 11.4. The van der Waals surface area contributed by atoms with Gasteiger partial charge in [0.1, 0.15) is 5.75 Å². The topological polar surface area (TPSA) is 91.8 Å². The van der Waals surface area contributed by atoms with E-state index < -0.39 is 10.0 Å². The molecule has 1 aromatic carbocycles. The van der Waals surface area contributed by atoms with Crippen molar-refractivity contribution in [2.24, 2.45) is 4.99 Å². The van der Waals surface area contributed by atoms with Crippen LogP contribution in [0.1, 0.15) is 12.0 Å². The van der Waals surface area contributed by atoms with Gasteiger partial charge in [0.25, 0.3) is 0 Å². The lowest BCUT2D eigenvalue weighted by molar-refractivity contribution is 0.414. The van der Waals surface area contributed by atoms with Crippen molar-refractivity contribution < 1.29 is 13.2 Å². The Kier molecular flexibility index (Phi) is 12.2. The quantitative estimate of drug-likeness (QED) is 0.206. The van der Waals surface area contributed by atoms with E-state index >= 15 is 0 Å². The van der Waals surface area contributed by atoms with Crippen LogP contribution >= 0.6 is 35.6 Å². The Labute approximate surface area is 172 Å². The Bertz CT molecular complexity index is 656. The average molecular weight is 505 g/mol. The monoisotopic (exact) mass is 504 g/mol. The number of nitrogens with zero attached hydrogens (tertiary/aromatic N) is 1. The van der Waals surface area contributed by atoms with Crippen molar-refractivity contribution >= 4 is 51.6 Å². The molecule has 0 aliphatic rings. The predicted molar refractivity (Wildman–Crippen MR) is 114 cm³/mol. The Morgan fingerprint density at radius 2 is 1.92 bits per heavy atom. The molecule has 25 heavy (non-hydrogen) atoms. The lowest BCUT2D eigenvalue weighted by Crippen LogP contribution is -2.39. The second kappa shape index (κ2) is 12.6. The summed E-state index contributed by atoms with van der Waals surface area (Å²) >= 11 is 6.20. The zero-order valence-electron chi connectivity index (χ0n) is 14.6. The molecule has 0 saturated carbocycles. The minimum Gasteiger partial charge on any atom is -0.497 e. The maximum absolute atomic E-state index is 10.9. The summed E-state index contributed by atoms with van der Waals surface area (Å²) in [5.74, 6) is 1.40. The summed E-state index contributed by atoms with van der Waals surface area (Å²) in [5.41, 5.74) is 1.03. The van der Waals surface area contributed by atoms with Crippen LogP contribution in [0.5, 0.6) is 5.75 Å². The molecular weight excluding hydrogens is 479 g/mol. The molecule has 0 aromatic heterocycles. The number of methoxy groups -OCH3 is 1. The summed E-state index contributed by atoms with van der Waals surface area (Å²) < 4.78 is 29.4. The second-order valence-electron chi connectivity index (χ2n) is 5.15. The van der Waals surface area contributed by atoms with Crippen molar-refractivity contribution in [2.75, 3.05) is 40.0 Å². The maximum Gasteiger partial charge on any atom is 0.208 e. The normalized spacial score (nSPS) is 11.6. The van der Waals surface area contributed by atoms with Gasteiger partial charge in [-0.05, 0) is 30.5 Å². The number of hydrogen-bond acceptors (Lipinski definition) is 4. The highest BCUT2D eigenvalue weighted by Gasteiger charge is 2.04. The van der Waals surface area contributed by atoms with E-state index in [0.29, 0.717) is 37.0 Å². The lowest BCUT2D eigenvalue weighted by atomic mass is 10.1. The van der Waals surface area contributed by atoms with Crippen molar-refractivity contribution in [1.82, 2.24) is 15.4 Å². The number of ether oxygens (including phenoxy) is 1. The van der Waals surface area contributed by atoms with E-state index in [1.54, 1.807) is 20.2 Å². The largest absolute Gasteiger partial charge is 0.497 e. The number of sulfonamides is 1. The highest BCUT2D eigenvalue weighted by atomic mass is 127. The van der Waals surface area contributed by atoms with Gasteiger partial charge in [-0.15, -0.1) is 24.0 Å². The number of halogens is 2. The third kappa shape index (κ3) is 10.7. The third-order valence-electron chi connectivity index (χ3n) is 3.18. The van der Waals surface area contributed by atoms with Crippen molar-refractivity contribution in [3.63, 3.8) is 0 Å². The summed E-state index contributed by atoms with van der Waals surface area (Å²) in [7, 11) is 0.161. The minimum atomic E-state index is -3.13. The van der Waals surface area contributed by atoms with Crippen molar-refractivity contribution in [3.05, 3.63) is 28.8 Å². The minimum absolute atomic E-state index is 0. The second-order valence-corrected chi connectivity index (χ2v) is 7.39. The van der Waals surface area contributed by atoms with Gasteiger partial charge < -0.3 is 15.4 Å². The van der Waals surface area contributed by atoms with Crippen LogP contribution in [0, 0.1) is 0 Å². The molecule has 0 radical (unpaired) electrons. The van der Waals surface area contributed by atoms with Crippen LogP contribution in [0.4, 0.5) is 0 Å². The maximum atomic E-state index is 10.9. The number of guanidine groups is 1. The Morgan fingerprint density at radius 3 is 2.48 bits per heavy atom. The van der Waals surface area contributed by atoms with E-state index in [4.69, 9.17) is 16.3 Å². The van der Waals surface area contributed by atoms with Crippen LogP contribution in [-0.2, 0) is 16.4 Å². The standard InChI is InChI=1S/C15H25ClN4O3S.HI/c1-17-15(18-8-4-9-20-24(3,21)22)19-10-7-12-5-6-13(23-2)11-14(12)16;/h5-6,11,20H,4,7-10H2,1-3H3,(H2,17,18,19);1H. The molecule has 144 valence electrons.